The number of carbonyl (C=O) groups excluding carboxylic acids is 2. The van der Waals surface area contributed by atoms with Crippen molar-refractivity contribution in [1.29, 1.82) is 0 Å². The summed E-state index contributed by atoms with van der Waals surface area (Å²) in [5, 5.41) is 1.88. The summed E-state index contributed by atoms with van der Waals surface area (Å²) in [5.41, 5.74) is 2.55. The van der Waals surface area contributed by atoms with Crippen molar-refractivity contribution in [2.45, 2.75) is 13.3 Å². The fraction of sp³-hybridized carbons (Fsp3) is 0.200. The molecule has 0 atom stereocenters. The first-order valence-electron chi connectivity index (χ1n) is 5.70. The van der Waals surface area contributed by atoms with E-state index in [1.54, 1.807) is 0 Å². The van der Waals surface area contributed by atoms with Gasteiger partial charge in [-0.25, -0.2) is 0 Å². The van der Waals surface area contributed by atoms with E-state index in [9.17, 15) is 9.59 Å². The van der Waals surface area contributed by atoms with Crippen LogP contribution in [0.3, 0.4) is 0 Å². The number of hydrogen-bond acceptors (Lipinski definition) is 3. The number of rotatable bonds is 3. The molecule has 0 saturated heterocycles. The maximum atomic E-state index is 11.2. The lowest BCUT2D eigenvalue weighted by atomic mass is 9.98. The molecule has 2 aromatic rings. The van der Waals surface area contributed by atoms with Crippen LogP contribution in [-0.4, -0.2) is 19.4 Å². The summed E-state index contributed by atoms with van der Waals surface area (Å²) in [7, 11) is 1.37. The lowest BCUT2D eigenvalue weighted by Crippen LogP contribution is -2.04. The highest BCUT2D eigenvalue weighted by Crippen LogP contribution is 2.22. The summed E-state index contributed by atoms with van der Waals surface area (Å²) in [6.45, 7) is 1.91. The van der Waals surface area contributed by atoms with Crippen LogP contribution in [0.2, 0.25) is 0 Å². The van der Waals surface area contributed by atoms with Gasteiger partial charge in [-0.3, -0.25) is 9.59 Å². The molecule has 3 heteroatoms. The molecule has 0 radical (unpaired) electrons. The molecule has 92 valence electrons. The first-order valence-corrected chi connectivity index (χ1v) is 5.70. The number of hydrogen-bond donors (Lipinski definition) is 0. The third-order valence-corrected chi connectivity index (χ3v) is 3.04. The number of methoxy groups -OCH3 is 1. The molecule has 0 unspecified atom stereocenters. The van der Waals surface area contributed by atoms with Gasteiger partial charge in [0.1, 0.15) is 0 Å². The van der Waals surface area contributed by atoms with Gasteiger partial charge in [-0.15, -0.1) is 0 Å². The van der Waals surface area contributed by atoms with Gasteiger partial charge in [0.2, 0.25) is 0 Å². The van der Waals surface area contributed by atoms with Crippen LogP contribution < -0.4 is 0 Å². The Labute approximate surface area is 105 Å². The van der Waals surface area contributed by atoms with Crippen molar-refractivity contribution < 1.29 is 14.3 Å². The Morgan fingerprint density at radius 2 is 2.06 bits per heavy atom. The summed E-state index contributed by atoms with van der Waals surface area (Å²) < 4.78 is 4.64. The molecule has 0 amide bonds. The molecule has 0 aliphatic carbocycles. The monoisotopic (exact) mass is 242 g/mol. The quantitative estimate of drug-likeness (QED) is 0.614. The summed E-state index contributed by atoms with van der Waals surface area (Å²) in [5.74, 6) is -0.267. The van der Waals surface area contributed by atoms with Crippen LogP contribution in [0.1, 0.15) is 21.5 Å². The largest absolute Gasteiger partial charge is 0.469 e. The number of aryl methyl sites for hydroxylation is 1. The van der Waals surface area contributed by atoms with Gasteiger partial charge in [-0.1, -0.05) is 30.3 Å². The third kappa shape index (κ3) is 2.25. The fourth-order valence-electron chi connectivity index (χ4n) is 2.02. The SMILES string of the molecule is COC(=O)Cc1ccc2c(C=O)c(C)ccc2c1. The van der Waals surface area contributed by atoms with Gasteiger partial charge < -0.3 is 4.74 Å². The van der Waals surface area contributed by atoms with Gasteiger partial charge in [-0.2, -0.15) is 0 Å². The number of carbonyl (C=O) groups is 2. The predicted molar refractivity (Wildman–Crippen MR) is 69.8 cm³/mol. The van der Waals surface area contributed by atoms with E-state index in [0.717, 1.165) is 28.2 Å². The molecule has 18 heavy (non-hydrogen) atoms. The molecule has 0 fully saturated rings. The zero-order valence-electron chi connectivity index (χ0n) is 10.4. The van der Waals surface area contributed by atoms with Crippen molar-refractivity contribution in [3.63, 3.8) is 0 Å². The molecule has 3 nitrogen and oxygen atoms in total. The Hall–Kier alpha value is -2.16. The van der Waals surface area contributed by atoms with Crippen molar-refractivity contribution in [1.82, 2.24) is 0 Å². The van der Waals surface area contributed by atoms with Gasteiger partial charge >= 0.3 is 5.97 Å². The maximum Gasteiger partial charge on any atom is 0.309 e. The van der Waals surface area contributed by atoms with E-state index in [1.807, 2.05) is 37.3 Å². The first-order chi connectivity index (χ1) is 8.65. The Balaban J connectivity index is 2.50. The second-order valence-electron chi connectivity index (χ2n) is 4.22. The number of ether oxygens (including phenoxy) is 1. The number of aldehydes is 1. The number of fused-ring (bicyclic) bond motifs is 1. The zero-order chi connectivity index (χ0) is 13.1. The summed E-state index contributed by atoms with van der Waals surface area (Å²) >= 11 is 0. The van der Waals surface area contributed by atoms with Crippen LogP contribution in [0.4, 0.5) is 0 Å². The van der Waals surface area contributed by atoms with Crippen molar-refractivity contribution in [3.05, 3.63) is 47.0 Å². The van der Waals surface area contributed by atoms with Crippen LogP contribution in [0.25, 0.3) is 10.8 Å². The maximum absolute atomic E-state index is 11.2. The van der Waals surface area contributed by atoms with Crippen molar-refractivity contribution in [2.24, 2.45) is 0 Å². The van der Waals surface area contributed by atoms with Crippen molar-refractivity contribution >= 4 is 23.0 Å². The molecule has 0 heterocycles. The summed E-state index contributed by atoms with van der Waals surface area (Å²) in [4.78, 5) is 22.3. The van der Waals surface area contributed by atoms with E-state index in [2.05, 4.69) is 4.74 Å². The highest BCUT2D eigenvalue weighted by atomic mass is 16.5. The topological polar surface area (TPSA) is 43.4 Å². The van der Waals surface area contributed by atoms with E-state index in [4.69, 9.17) is 0 Å². The molecule has 2 rings (SSSR count). The molecule has 0 bridgehead atoms. The fourth-order valence-corrected chi connectivity index (χ4v) is 2.02. The second-order valence-corrected chi connectivity index (χ2v) is 4.22. The van der Waals surface area contributed by atoms with E-state index in [1.165, 1.54) is 7.11 Å². The van der Waals surface area contributed by atoms with Gasteiger partial charge in [-0.05, 0) is 28.8 Å². The van der Waals surface area contributed by atoms with Crippen molar-refractivity contribution in [3.8, 4) is 0 Å². The van der Waals surface area contributed by atoms with E-state index in [-0.39, 0.29) is 12.4 Å². The minimum Gasteiger partial charge on any atom is -0.469 e. The third-order valence-electron chi connectivity index (χ3n) is 3.04. The Morgan fingerprint density at radius 3 is 2.72 bits per heavy atom. The molecule has 0 spiro atoms. The Kier molecular flexibility index (Phi) is 3.42. The lowest BCUT2D eigenvalue weighted by Gasteiger charge is -2.07. The highest BCUT2D eigenvalue weighted by Gasteiger charge is 2.07. The molecular formula is C15H14O3. The summed E-state index contributed by atoms with van der Waals surface area (Å²) in [6, 6.07) is 9.52. The van der Waals surface area contributed by atoms with Gasteiger partial charge in [0, 0.05) is 5.56 Å². The number of benzene rings is 2. The van der Waals surface area contributed by atoms with Gasteiger partial charge in [0.05, 0.1) is 13.5 Å². The average molecular weight is 242 g/mol. The molecule has 0 aliphatic heterocycles. The lowest BCUT2D eigenvalue weighted by molar-refractivity contribution is -0.139. The predicted octanol–water partition coefficient (Wildman–Crippen LogP) is 2.68. The molecular weight excluding hydrogens is 228 g/mol. The summed E-state index contributed by atoms with van der Waals surface area (Å²) in [6.07, 6.45) is 1.12. The zero-order valence-corrected chi connectivity index (χ0v) is 10.4. The molecule has 2 aromatic carbocycles. The van der Waals surface area contributed by atoms with E-state index < -0.39 is 0 Å². The van der Waals surface area contributed by atoms with Crippen LogP contribution in [-0.2, 0) is 16.0 Å². The normalized spacial score (nSPS) is 10.3. The standard InChI is InChI=1S/C15H14O3/c1-10-3-5-12-7-11(8-15(17)18-2)4-6-13(12)14(10)9-16/h3-7,9H,8H2,1-2H3. The van der Waals surface area contributed by atoms with Gasteiger partial charge in [0.25, 0.3) is 0 Å². The average Bonchev–Trinajstić information content (AvgIpc) is 2.38. The molecule has 0 aliphatic rings. The van der Waals surface area contributed by atoms with E-state index in [0.29, 0.717) is 5.56 Å². The van der Waals surface area contributed by atoms with Crippen LogP contribution in [0.5, 0.6) is 0 Å². The highest BCUT2D eigenvalue weighted by molar-refractivity contribution is 5.99. The van der Waals surface area contributed by atoms with Crippen LogP contribution in [0.15, 0.2) is 30.3 Å². The Morgan fingerprint density at radius 1 is 1.28 bits per heavy atom. The molecule has 0 N–H and O–H groups in total. The van der Waals surface area contributed by atoms with Crippen LogP contribution >= 0.6 is 0 Å². The Bertz CT molecular complexity index is 614. The van der Waals surface area contributed by atoms with Gasteiger partial charge in [0.15, 0.2) is 6.29 Å². The second kappa shape index (κ2) is 5.00. The van der Waals surface area contributed by atoms with Crippen molar-refractivity contribution in [2.75, 3.05) is 7.11 Å². The van der Waals surface area contributed by atoms with E-state index >= 15 is 0 Å². The minimum absolute atomic E-state index is 0.247. The molecule has 0 aromatic heterocycles. The van der Waals surface area contributed by atoms with Crippen LogP contribution in [0, 0.1) is 6.92 Å². The molecule has 0 saturated carbocycles. The first kappa shape index (κ1) is 12.3. The smallest absolute Gasteiger partial charge is 0.309 e. The number of esters is 1. The minimum atomic E-state index is -0.267.